The SMILES string of the molecule is Cc1cccc2cc(C(=O)O)ccc12.[GaH3]. The third kappa shape index (κ3) is 2.25. The number of benzene rings is 2. The molecule has 0 spiro atoms. The van der Waals surface area contributed by atoms with E-state index in [2.05, 4.69) is 0 Å². The molecule has 76 valence electrons. The Balaban J connectivity index is 0.00000112. The van der Waals surface area contributed by atoms with Crippen LogP contribution >= 0.6 is 0 Å². The predicted octanol–water partition coefficient (Wildman–Crippen LogP) is 1.66. The van der Waals surface area contributed by atoms with Crippen LogP contribution in [-0.2, 0) is 0 Å². The van der Waals surface area contributed by atoms with Gasteiger partial charge in [0, 0.05) is 0 Å². The third-order valence-electron chi connectivity index (χ3n) is 2.35. The average Bonchev–Trinajstić information content (AvgIpc) is 2.17. The van der Waals surface area contributed by atoms with Crippen LogP contribution in [0.2, 0.25) is 0 Å². The Morgan fingerprint density at radius 1 is 1.20 bits per heavy atom. The second kappa shape index (κ2) is 4.55. The first kappa shape index (κ1) is 11.9. The van der Waals surface area contributed by atoms with Crippen molar-refractivity contribution >= 4 is 36.5 Å². The van der Waals surface area contributed by atoms with Crippen LogP contribution in [0.5, 0.6) is 0 Å². The van der Waals surface area contributed by atoms with E-state index in [1.807, 2.05) is 31.2 Å². The zero-order chi connectivity index (χ0) is 10.1. The topological polar surface area (TPSA) is 37.3 Å². The first-order valence-electron chi connectivity index (χ1n) is 4.41. The van der Waals surface area contributed by atoms with E-state index in [9.17, 15) is 4.79 Å². The van der Waals surface area contributed by atoms with Crippen LogP contribution in [0.15, 0.2) is 36.4 Å². The summed E-state index contributed by atoms with van der Waals surface area (Å²) in [7, 11) is 0. The van der Waals surface area contributed by atoms with Crippen molar-refractivity contribution in [1.82, 2.24) is 0 Å². The predicted molar refractivity (Wildman–Crippen MR) is 65.6 cm³/mol. The van der Waals surface area contributed by atoms with Gasteiger partial charge >= 0.3 is 25.8 Å². The summed E-state index contributed by atoms with van der Waals surface area (Å²) in [4.78, 5) is 10.7. The Morgan fingerprint density at radius 2 is 1.93 bits per heavy atom. The van der Waals surface area contributed by atoms with Crippen LogP contribution in [0.1, 0.15) is 15.9 Å². The van der Waals surface area contributed by atoms with Crippen molar-refractivity contribution in [3.63, 3.8) is 0 Å². The zero-order valence-electron chi connectivity index (χ0n) is 7.82. The maximum absolute atomic E-state index is 10.7. The second-order valence-electron chi connectivity index (χ2n) is 3.32. The van der Waals surface area contributed by atoms with Crippen molar-refractivity contribution in [2.75, 3.05) is 0 Å². The number of rotatable bonds is 1. The normalized spacial score (nSPS) is 9.67. The summed E-state index contributed by atoms with van der Waals surface area (Å²) < 4.78 is 0. The van der Waals surface area contributed by atoms with Crippen molar-refractivity contribution in [2.45, 2.75) is 6.92 Å². The number of hydrogen-bond donors (Lipinski definition) is 1. The molecule has 0 saturated carbocycles. The van der Waals surface area contributed by atoms with Crippen LogP contribution in [-0.4, -0.2) is 30.9 Å². The molecule has 0 bridgehead atoms. The van der Waals surface area contributed by atoms with Gasteiger partial charge in [-0.05, 0) is 35.4 Å². The van der Waals surface area contributed by atoms with Gasteiger partial charge in [-0.1, -0.05) is 24.3 Å². The molecule has 0 unspecified atom stereocenters. The molecule has 0 saturated heterocycles. The number of hydrogen-bond acceptors (Lipinski definition) is 1. The van der Waals surface area contributed by atoms with E-state index in [1.54, 1.807) is 12.1 Å². The first-order valence-corrected chi connectivity index (χ1v) is 4.41. The fourth-order valence-electron chi connectivity index (χ4n) is 1.58. The fraction of sp³-hybridized carbons (Fsp3) is 0.0833. The van der Waals surface area contributed by atoms with E-state index >= 15 is 0 Å². The van der Waals surface area contributed by atoms with E-state index in [0.29, 0.717) is 5.56 Å². The van der Waals surface area contributed by atoms with E-state index < -0.39 is 5.97 Å². The van der Waals surface area contributed by atoms with E-state index in [-0.39, 0.29) is 19.8 Å². The molecule has 0 aliphatic rings. The van der Waals surface area contributed by atoms with Gasteiger partial charge in [0.1, 0.15) is 0 Å². The second-order valence-corrected chi connectivity index (χ2v) is 3.32. The Hall–Kier alpha value is -1.19. The molecule has 0 aliphatic carbocycles. The monoisotopic (exact) mass is 258 g/mol. The van der Waals surface area contributed by atoms with Crippen molar-refractivity contribution in [1.29, 1.82) is 0 Å². The zero-order valence-corrected chi connectivity index (χ0v) is 7.82. The molecule has 2 aromatic rings. The van der Waals surface area contributed by atoms with Crippen LogP contribution in [0.3, 0.4) is 0 Å². The Morgan fingerprint density at radius 3 is 2.60 bits per heavy atom. The quantitative estimate of drug-likeness (QED) is 0.791. The Bertz CT molecular complexity index is 506. The molecular formula is C12H13GaO2. The molecule has 15 heavy (non-hydrogen) atoms. The van der Waals surface area contributed by atoms with Gasteiger partial charge in [0.15, 0.2) is 0 Å². The molecule has 3 heteroatoms. The van der Waals surface area contributed by atoms with Gasteiger partial charge in [-0.2, -0.15) is 0 Å². The van der Waals surface area contributed by atoms with Gasteiger partial charge in [0.2, 0.25) is 0 Å². The van der Waals surface area contributed by atoms with Gasteiger partial charge < -0.3 is 5.11 Å². The van der Waals surface area contributed by atoms with Crippen molar-refractivity contribution in [3.05, 3.63) is 47.5 Å². The van der Waals surface area contributed by atoms with Crippen LogP contribution in [0, 0.1) is 6.92 Å². The molecule has 0 fully saturated rings. The fourth-order valence-corrected chi connectivity index (χ4v) is 1.58. The molecule has 0 radical (unpaired) electrons. The van der Waals surface area contributed by atoms with Gasteiger partial charge in [-0.15, -0.1) is 0 Å². The summed E-state index contributed by atoms with van der Waals surface area (Å²) in [5.41, 5.74) is 1.50. The molecule has 0 amide bonds. The number of carboxylic acids is 1. The van der Waals surface area contributed by atoms with E-state index in [1.165, 1.54) is 5.56 Å². The van der Waals surface area contributed by atoms with Crippen molar-refractivity contribution in [2.24, 2.45) is 0 Å². The average molecular weight is 259 g/mol. The molecular weight excluding hydrogens is 246 g/mol. The van der Waals surface area contributed by atoms with E-state index in [4.69, 9.17) is 5.11 Å². The van der Waals surface area contributed by atoms with Gasteiger partial charge in [-0.3, -0.25) is 0 Å². The summed E-state index contributed by atoms with van der Waals surface area (Å²) >= 11 is 0. The van der Waals surface area contributed by atoms with Crippen LogP contribution in [0.25, 0.3) is 10.8 Å². The number of fused-ring (bicyclic) bond motifs is 1. The maximum atomic E-state index is 10.7. The minimum absolute atomic E-state index is 0. The molecule has 1 N–H and O–H groups in total. The number of carboxylic acid groups (broad SMARTS) is 1. The first-order chi connectivity index (χ1) is 6.68. The molecule has 0 aromatic heterocycles. The number of aryl methyl sites for hydroxylation is 1. The van der Waals surface area contributed by atoms with Gasteiger partial charge in [0.05, 0.1) is 5.56 Å². The van der Waals surface area contributed by atoms with Gasteiger partial charge in [-0.25, -0.2) is 4.79 Å². The number of carbonyl (C=O) groups is 1. The van der Waals surface area contributed by atoms with E-state index in [0.717, 1.165) is 10.8 Å². The molecule has 2 nitrogen and oxygen atoms in total. The third-order valence-corrected chi connectivity index (χ3v) is 2.35. The summed E-state index contributed by atoms with van der Waals surface area (Å²) in [6.07, 6.45) is 0. The van der Waals surface area contributed by atoms with Gasteiger partial charge in [0.25, 0.3) is 0 Å². The molecule has 2 aromatic carbocycles. The Kier molecular flexibility index (Phi) is 3.60. The Labute approximate surface area is 101 Å². The van der Waals surface area contributed by atoms with Crippen molar-refractivity contribution < 1.29 is 9.90 Å². The van der Waals surface area contributed by atoms with Crippen LogP contribution in [0.4, 0.5) is 0 Å². The summed E-state index contributed by atoms with van der Waals surface area (Å²) in [6.45, 7) is 2.02. The number of aromatic carboxylic acids is 1. The molecule has 2 rings (SSSR count). The summed E-state index contributed by atoms with van der Waals surface area (Å²) in [6, 6.07) is 11.1. The summed E-state index contributed by atoms with van der Waals surface area (Å²) in [5.74, 6) is -0.881. The molecule has 0 atom stereocenters. The van der Waals surface area contributed by atoms with Crippen molar-refractivity contribution in [3.8, 4) is 0 Å². The summed E-state index contributed by atoms with van der Waals surface area (Å²) in [5, 5.41) is 10.9. The standard InChI is InChI=1S/C12H10O2.Ga.3H/c1-8-3-2-4-9-7-10(12(13)14)5-6-11(8)9;;;;/h2-7H,1H3,(H,13,14);;;;. The molecule has 0 heterocycles. The minimum atomic E-state index is -0.881. The molecule has 0 aliphatic heterocycles. The van der Waals surface area contributed by atoms with Crippen LogP contribution < -0.4 is 0 Å².